The first-order chi connectivity index (χ1) is 18.2. The molecule has 0 saturated carbocycles. The Labute approximate surface area is 228 Å². The summed E-state index contributed by atoms with van der Waals surface area (Å²) in [5, 5.41) is 4.43. The number of amides is 1. The molecule has 1 N–H and O–H groups in total. The van der Waals surface area contributed by atoms with Gasteiger partial charge in [0.25, 0.3) is 5.91 Å². The van der Waals surface area contributed by atoms with Crippen LogP contribution in [0.1, 0.15) is 77.8 Å². The second kappa shape index (κ2) is 10.3. The van der Waals surface area contributed by atoms with Crippen LogP contribution in [0.4, 0.5) is 5.00 Å². The molecule has 196 valence electrons. The number of esters is 1. The van der Waals surface area contributed by atoms with Gasteiger partial charge in [0.05, 0.1) is 28.9 Å². The fourth-order valence-corrected chi connectivity index (χ4v) is 6.47. The van der Waals surface area contributed by atoms with Crippen LogP contribution in [0.15, 0.2) is 54.6 Å². The molecule has 2 aromatic heterocycles. The van der Waals surface area contributed by atoms with Crippen LogP contribution in [0.3, 0.4) is 0 Å². The highest BCUT2D eigenvalue weighted by Crippen LogP contribution is 2.40. The van der Waals surface area contributed by atoms with Crippen LogP contribution in [0.2, 0.25) is 0 Å². The Bertz CT molecular complexity index is 1510. The number of thiophene rings is 1. The second-order valence-electron chi connectivity index (χ2n) is 11.1. The minimum atomic E-state index is -0.367. The summed E-state index contributed by atoms with van der Waals surface area (Å²) >= 11 is 1.50. The molecule has 0 saturated heterocycles. The molecule has 0 radical (unpaired) electrons. The van der Waals surface area contributed by atoms with E-state index in [0.717, 1.165) is 47.0 Å². The third-order valence-corrected chi connectivity index (χ3v) is 8.40. The summed E-state index contributed by atoms with van der Waals surface area (Å²) in [4.78, 5) is 32.8. The third kappa shape index (κ3) is 5.10. The highest BCUT2D eigenvalue weighted by Gasteiger charge is 2.29. The molecule has 2 aromatic carbocycles. The lowest BCUT2D eigenvalue weighted by molar-refractivity contribution is 0.0526. The summed E-state index contributed by atoms with van der Waals surface area (Å²) in [5.74, 6) is -0.0708. The van der Waals surface area contributed by atoms with Gasteiger partial charge in [-0.25, -0.2) is 9.78 Å². The van der Waals surface area contributed by atoms with Crippen LogP contribution in [0, 0.1) is 5.92 Å². The molecule has 4 aromatic rings. The monoisotopic (exact) mass is 526 g/mol. The minimum absolute atomic E-state index is 0.0503. The van der Waals surface area contributed by atoms with Gasteiger partial charge in [0, 0.05) is 15.8 Å². The van der Waals surface area contributed by atoms with Crippen molar-refractivity contribution in [3.05, 3.63) is 81.7 Å². The number of para-hydroxylation sites is 1. The zero-order valence-electron chi connectivity index (χ0n) is 22.7. The van der Waals surface area contributed by atoms with Crippen LogP contribution in [-0.2, 0) is 23.0 Å². The van der Waals surface area contributed by atoms with E-state index in [1.54, 1.807) is 6.92 Å². The number of hydrogen-bond donors (Lipinski definition) is 1. The first kappa shape index (κ1) is 26.1. The van der Waals surface area contributed by atoms with Gasteiger partial charge in [-0.1, -0.05) is 70.2 Å². The summed E-state index contributed by atoms with van der Waals surface area (Å²) < 4.78 is 5.39. The highest BCUT2D eigenvalue weighted by atomic mass is 32.1. The maximum Gasteiger partial charge on any atom is 0.341 e. The maximum atomic E-state index is 13.8. The van der Waals surface area contributed by atoms with Crippen LogP contribution in [-0.4, -0.2) is 23.5 Å². The van der Waals surface area contributed by atoms with E-state index in [9.17, 15) is 9.59 Å². The molecule has 0 fully saturated rings. The van der Waals surface area contributed by atoms with E-state index >= 15 is 0 Å². The first-order valence-electron chi connectivity index (χ1n) is 13.3. The Hall–Kier alpha value is -3.51. The quantitative estimate of drug-likeness (QED) is 0.269. The Morgan fingerprint density at radius 3 is 2.55 bits per heavy atom. The van der Waals surface area contributed by atoms with E-state index in [1.807, 2.05) is 30.3 Å². The van der Waals surface area contributed by atoms with Crippen molar-refractivity contribution in [2.45, 2.75) is 59.3 Å². The summed E-state index contributed by atoms with van der Waals surface area (Å²) in [7, 11) is 0. The molecule has 1 aliphatic carbocycles. The number of ether oxygens (including phenoxy) is 1. The summed E-state index contributed by atoms with van der Waals surface area (Å²) in [5.41, 5.74) is 5.80. The van der Waals surface area contributed by atoms with Gasteiger partial charge >= 0.3 is 5.97 Å². The molecular weight excluding hydrogens is 492 g/mol. The van der Waals surface area contributed by atoms with E-state index in [0.29, 0.717) is 28.7 Å². The zero-order chi connectivity index (χ0) is 27.0. The van der Waals surface area contributed by atoms with Crippen molar-refractivity contribution in [3.63, 3.8) is 0 Å². The number of benzene rings is 2. The van der Waals surface area contributed by atoms with Crippen LogP contribution in [0.25, 0.3) is 22.2 Å². The van der Waals surface area contributed by atoms with Gasteiger partial charge in [-0.2, -0.15) is 0 Å². The number of hydrogen-bond acceptors (Lipinski definition) is 5. The van der Waals surface area contributed by atoms with Gasteiger partial charge in [-0.05, 0) is 60.8 Å². The number of aromatic nitrogens is 1. The SMILES string of the molecule is CCOC(=O)c1c(NC(=O)c2cc(-c3ccc(C(C)(C)C)cc3)nc3ccccc23)sc2c1CCC(C)C2. The maximum absolute atomic E-state index is 13.8. The standard InChI is InChI=1S/C32H34N2O3S/c1-6-37-31(36)28-23-16-11-19(2)17-27(23)38-30(28)34-29(35)24-18-26(33-25-10-8-7-9-22(24)25)20-12-14-21(15-13-20)32(3,4)5/h7-10,12-15,18-19H,6,11,16-17H2,1-5H3,(H,34,35). The molecule has 1 atom stereocenters. The highest BCUT2D eigenvalue weighted by molar-refractivity contribution is 7.17. The van der Waals surface area contributed by atoms with Gasteiger partial charge in [-0.15, -0.1) is 11.3 Å². The summed E-state index contributed by atoms with van der Waals surface area (Å²) in [6.45, 7) is 10.9. The van der Waals surface area contributed by atoms with Crippen molar-refractivity contribution in [2.24, 2.45) is 5.92 Å². The van der Waals surface area contributed by atoms with Crippen LogP contribution >= 0.6 is 11.3 Å². The largest absolute Gasteiger partial charge is 0.462 e. The van der Waals surface area contributed by atoms with E-state index < -0.39 is 0 Å². The molecular formula is C32H34N2O3S. The first-order valence-corrected chi connectivity index (χ1v) is 14.1. The van der Waals surface area contributed by atoms with E-state index in [1.165, 1.54) is 21.8 Å². The van der Waals surface area contributed by atoms with E-state index in [4.69, 9.17) is 9.72 Å². The van der Waals surface area contributed by atoms with Gasteiger partial charge in [0.1, 0.15) is 5.00 Å². The lowest BCUT2D eigenvalue weighted by atomic mass is 9.86. The predicted molar refractivity (Wildman–Crippen MR) is 155 cm³/mol. The Balaban J connectivity index is 1.55. The van der Waals surface area contributed by atoms with Crippen molar-refractivity contribution < 1.29 is 14.3 Å². The molecule has 5 rings (SSSR count). The summed E-state index contributed by atoms with van der Waals surface area (Å²) in [6, 6.07) is 17.9. The predicted octanol–water partition coefficient (Wildman–Crippen LogP) is 7.81. The van der Waals surface area contributed by atoms with Gasteiger partial charge in [0.2, 0.25) is 0 Å². The smallest absolute Gasteiger partial charge is 0.341 e. The molecule has 2 heterocycles. The molecule has 38 heavy (non-hydrogen) atoms. The van der Waals surface area contributed by atoms with Crippen molar-refractivity contribution in [2.75, 3.05) is 11.9 Å². The zero-order valence-corrected chi connectivity index (χ0v) is 23.5. The molecule has 0 spiro atoms. The molecule has 1 amide bonds. The molecule has 1 unspecified atom stereocenters. The van der Waals surface area contributed by atoms with Crippen LogP contribution < -0.4 is 5.32 Å². The van der Waals surface area contributed by atoms with Crippen molar-refractivity contribution >= 4 is 39.1 Å². The Kier molecular flexibility index (Phi) is 7.10. The van der Waals surface area contributed by atoms with Crippen molar-refractivity contribution in [1.82, 2.24) is 4.98 Å². The lowest BCUT2D eigenvalue weighted by Gasteiger charge is -2.19. The third-order valence-electron chi connectivity index (χ3n) is 7.23. The normalized spacial score (nSPS) is 15.2. The van der Waals surface area contributed by atoms with Gasteiger partial charge in [-0.3, -0.25) is 4.79 Å². The minimum Gasteiger partial charge on any atom is -0.462 e. The molecule has 5 nitrogen and oxygen atoms in total. The fraction of sp³-hybridized carbons (Fsp3) is 0.344. The average Bonchev–Trinajstić information content (AvgIpc) is 3.24. The molecule has 1 aliphatic rings. The fourth-order valence-electron chi connectivity index (χ4n) is 5.08. The van der Waals surface area contributed by atoms with E-state index in [2.05, 4.69) is 57.3 Å². The number of carbonyl (C=O) groups is 2. The number of carbonyl (C=O) groups excluding carboxylic acids is 2. The van der Waals surface area contributed by atoms with Crippen LogP contribution in [0.5, 0.6) is 0 Å². The Morgan fingerprint density at radius 2 is 1.84 bits per heavy atom. The average molecular weight is 527 g/mol. The number of nitrogens with zero attached hydrogens (tertiary/aromatic N) is 1. The van der Waals surface area contributed by atoms with Crippen molar-refractivity contribution in [3.8, 4) is 11.3 Å². The summed E-state index contributed by atoms with van der Waals surface area (Å²) in [6.07, 6.45) is 2.76. The number of anilines is 1. The lowest BCUT2D eigenvalue weighted by Crippen LogP contribution is -2.17. The van der Waals surface area contributed by atoms with E-state index in [-0.39, 0.29) is 17.3 Å². The topological polar surface area (TPSA) is 68.3 Å². The molecule has 0 bridgehead atoms. The number of rotatable bonds is 5. The number of nitrogens with one attached hydrogen (secondary N) is 1. The second-order valence-corrected chi connectivity index (χ2v) is 12.2. The van der Waals surface area contributed by atoms with Gasteiger partial charge in [0.15, 0.2) is 0 Å². The Morgan fingerprint density at radius 1 is 1.11 bits per heavy atom. The van der Waals surface area contributed by atoms with Crippen molar-refractivity contribution in [1.29, 1.82) is 0 Å². The molecule has 0 aliphatic heterocycles. The number of fused-ring (bicyclic) bond motifs is 2. The molecule has 6 heteroatoms. The number of pyridine rings is 1. The van der Waals surface area contributed by atoms with Gasteiger partial charge < -0.3 is 10.1 Å².